The predicted molar refractivity (Wildman–Crippen MR) is 114 cm³/mol. The number of alkyl halides is 1. The van der Waals surface area contributed by atoms with Gasteiger partial charge in [-0.15, -0.1) is 11.6 Å². The number of esters is 2. The monoisotopic (exact) mass is 424 g/mol. The maximum Gasteiger partial charge on any atom is 0.343 e. The molecule has 0 saturated heterocycles. The third-order valence-corrected chi connectivity index (χ3v) is 4.77. The van der Waals surface area contributed by atoms with E-state index in [0.29, 0.717) is 16.7 Å². The molecule has 6 heteroatoms. The predicted octanol–water partition coefficient (Wildman–Crippen LogP) is 5.01. The lowest BCUT2D eigenvalue weighted by molar-refractivity contribution is 0.0681. The van der Waals surface area contributed by atoms with Gasteiger partial charge in [0.15, 0.2) is 11.5 Å². The first-order valence-electron chi connectivity index (χ1n) is 9.33. The van der Waals surface area contributed by atoms with Crippen molar-refractivity contribution in [1.29, 1.82) is 0 Å². The number of aliphatic hydroxyl groups is 1. The lowest BCUT2D eigenvalue weighted by atomic mass is 10.1. The first-order valence-corrected chi connectivity index (χ1v) is 9.86. The molecule has 5 nitrogen and oxygen atoms in total. The zero-order valence-corrected chi connectivity index (χ0v) is 17.3. The van der Waals surface area contributed by atoms with Gasteiger partial charge in [-0.05, 0) is 55.8 Å². The van der Waals surface area contributed by atoms with E-state index in [0.717, 1.165) is 11.1 Å². The molecule has 0 aromatic heterocycles. The zero-order valence-electron chi connectivity index (χ0n) is 16.6. The minimum atomic E-state index is -0.953. The summed E-state index contributed by atoms with van der Waals surface area (Å²) >= 11 is 5.73. The number of hydrogen-bond donors (Lipinski definition) is 1. The van der Waals surface area contributed by atoms with E-state index in [2.05, 4.69) is 0 Å². The Kier molecular flexibility index (Phi) is 6.87. The number of aryl methyl sites for hydroxylation is 2. The van der Waals surface area contributed by atoms with E-state index in [-0.39, 0.29) is 17.4 Å². The second-order valence-corrected chi connectivity index (χ2v) is 7.20. The molecule has 0 radical (unpaired) electrons. The molecule has 0 bridgehead atoms. The molecule has 0 aliphatic rings. The van der Waals surface area contributed by atoms with Gasteiger partial charge in [0, 0.05) is 0 Å². The summed E-state index contributed by atoms with van der Waals surface area (Å²) in [4.78, 5) is 25.1. The van der Waals surface area contributed by atoms with Gasteiger partial charge in [-0.3, -0.25) is 0 Å². The van der Waals surface area contributed by atoms with Crippen LogP contribution in [0.25, 0.3) is 0 Å². The van der Waals surface area contributed by atoms with E-state index in [1.54, 1.807) is 54.6 Å². The van der Waals surface area contributed by atoms with Crippen LogP contribution < -0.4 is 9.47 Å². The number of ether oxygens (including phenoxy) is 2. The quantitative estimate of drug-likeness (QED) is 0.342. The highest BCUT2D eigenvalue weighted by molar-refractivity contribution is 6.18. The van der Waals surface area contributed by atoms with E-state index in [9.17, 15) is 14.7 Å². The third-order valence-electron chi connectivity index (χ3n) is 4.48. The number of rotatable bonds is 6. The van der Waals surface area contributed by atoms with Crippen molar-refractivity contribution in [3.8, 4) is 11.5 Å². The van der Waals surface area contributed by atoms with Gasteiger partial charge in [-0.2, -0.15) is 0 Å². The van der Waals surface area contributed by atoms with Gasteiger partial charge in [-0.25, -0.2) is 9.59 Å². The Morgan fingerprint density at radius 1 is 0.800 bits per heavy atom. The average molecular weight is 425 g/mol. The topological polar surface area (TPSA) is 72.8 Å². The summed E-state index contributed by atoms with van der Waals surface area (Å²) < 4.78 is 11.0. The van der Waals surface area contributed by atoms with Crippen molar-refractivity contribution < 1.29 is 24.2 Å². The number of hydrogen-bond acceptors (Lipinski definition) is 5. The Balaban J connectivity index is 1.89. The van der Waals surface area contributed by atoms with Crippen LogP contribution in [0.3, 0.4) is 0 Å². The highest BCUT2D eigenvalue weighted by Crippen LogP contribution is 2.32. The lowest BCUT2D eigenvalue weighted by Crippen LogP contribution is -2.13. The Hall–Kier alpha value is -3.15. The number of aliphatic hydroxyl groups excluding tert-OH is 1. The molecule has 3 aromatic carbocycles. The van der Waals surface area contributed by atoms with E-state index >= 15 is 0 Å². The van der Waals surface area contributed by atoms with Crippen LogP contribution in [-0.2, 0) is 0 Å². The van der Waals surface area contributed by atoms with Crippen LogP contribution in [0.15, 0.2) is 66.7 Å². The first kappa shape index (κ1) is 21.6. The van der Waals surface area contributed by atoms with Crippen LogP contribution >= 0.6 is 11.6 Å². The van der Waals surface area contributed by atoms with E-state index in [1.165, 1.54) is 12.1 Å². The molecule has 30 heavy (non-hydrogen) atoms. The smallest absolute Gasteiger partial charge is 0.343 e. The number of halogens is 1. The van der Waals surface area contributed by atoms with Crippen LogP contribution in [0.1, 0.15) is 43.5 Å². The van der Waals surface area contributed by atoms with Gasteiger partial charge in [-0.1, -0.05) is 41.5 Å². The van der Waals surface area contributed by atoms with Crippen LogP contribution in [0.2, 0.25) is 0 Å². The summed E-state index contributed by atoms with van der Waals surface area (Å²) in [5.74, 6) is -1.16. The van der Waals surface area contributed by atoms with E-state index in [4.69, 9.17) is 21.1 Å². The van der Waals surface area contributed by atoms with Crippen LogP contribution in [0, 0.1) is 13.8 Å². The molecule has 0 aliphatic carbocycles. The summed E-state index contributed by atoms with van der Waals surface area (Å²) in [5.41, 5.74) is 3.16. The Morgan fingerprint density at radius 3 is 1.73 bits per heavy atom. The van der Waals surface area contributed by atoms with Gasteiger partial charge in [0.05, 0.1) is 23.1 Å². The molecule has 3 rings (SSSR count). The standard InChI is InChI=1S/C24H21ClO5/c1-15-3-7-17(8-4-15)23(27)29-21-12-11-19(20(26)14-25)13-22(21)30-24(28)18-9-5-16(2)6-10-18/h3-13,20,26H,14H2,1-2H3. The molecule has 0 aliphatic heterocycles. The number of benzene rings is 3. The highest BCUT2D eigenvalue weighted by atomic mass is 35.5. The van der Waals surface area contributed by atoms with Crippen LogP contribution in [0.5, 0.6) is 11.5 Å². The van der Waals surface area contributed by atoms with Crippen molar-refractivity contribution in [2.75, 3.05) is 5.88 Å². The Morgan fingerprint density at radius 2 is 1.27 bits per heavy atom. The van der Waals surface area contributed by atoms with Gasteiger partial charge in [0.1, 0.15) is 0 Å². The molecule has 0 spiro atoms. The lowest BCUT2D eigenvalue weighted by Gasteiger charge is -2.14. The summed E-state index contributed by atoms with van der Waals surface area (Å²) in [6.07, 6.45) is -0.953. The van der Waals surface area contributed by atoms with Crippen molar-refractivity contribution in [1.82, 2.24) is 0 Å². The summed E-state index contributed by atoms with van der Waals surface area (Å²) in [5, 5.41) is 10.0. The fourth-order valence-electron chi connectivity index (χ4n) is 2.68. The summed E-state index contributed by atoms with van der Waals surface area (Å²) in [6, 6.07) is 18.3. The minimum absolute atomic E-state index is 0.0164. The van der Waals surface area contributed by atoms with Crippen molar-refractivity contribution in [2.45, 2.75) is 20.0 Å². The van der Waals surface area contributed by atoms with Gasteiger partial charge in [0.25, 0.3) is 0 Å². The largest absolute Gasteiger partial charge is 0.419 e. The maximum atomic E-state index is 12.6. The van der Waals surface area contributed by atoms with E-state index in [1.807, 2.05) is 13.8 Å². The molecule has 1 N–H and O–H groups in total. The summed E-state index contributed by atoms with van der Waals surface area (Å²) in [6.45, 7) is 3.83. The molecule has 154 valence electrons. The molecule has 3 aromatic rings. The highest BCUT2D eigenvalue weighted by Gasteiger charge is 2.19. The van der Waals surface area contributed by atoms with E-state index < -0.39 is 18.0 Å². The summed E-state index contributed by atoms with van der Waals surface area (Å²) in [7, 11) is 0. The van der Waals surface area contributed by atoms with Gasteiger partial charge in [0.2, 0.25) is 0 Å². The molecule has 0 fully saturated rings. The molecular formula is C24H21ClO5. The first-order chi connectivity index (χ1) is 14.4. The zero-order chi connectivity index (χ0) is 21.7. The fraction of sp³-hybridized carbons (Fsp3) is 0.167. The number of carbonyl (C=O) groups is 2. The fourth-order valence-corrected chi connectivity index (χ4v) is 2.86. The van der Waals surface area contributed by atoms with Gasteiger partial charge < -0.3 is 14.6 Å². The molecule has 1 atom stereocenters. The number of carbonyl (C=O) groups excluding carboxylic acids is 2. The Labute approximate surface area is 179 Å². The van der Waals surface area contributed by atoms with Gasteiger partial charge >= 0.3 is 11.9 Å². The van der Waals surface area contributed by atoms with Crippen molar-refractivity contribution in [2.24, 2.45) is 0 Å². The van der Waals surface area contributed by atoms with Crippen LogP contribution in [-0.4, -0.2) is 22.9 Å². The molecular weight excluding hydrogens is 404 g/mol. The van der Waals surface area contributed by atoms with Crippen molar-refractivity contribution in [3.63, 3.8) is 0 Å². The Bertz CT molecular complexity index is 1040. The van der Waals surface area contributed by atoms with Crippen molar-refractivity contribution >= 4 is 23.5 Å². The van der Waals surface area contributed by atoms with Crippen molar-refractivity contribution in [3.05, 3.63) is 94.5 Å². The SMILES string of the molecule is Cc1ccc(C(=O)Oc2ccc(C(O)CCl)cc2OC(=O)c2ccc(C)cc2)cc1. The van der Waals surface area contributed by atoms with Crippen LogP contribution in [0.4, 0.5) is 0 Å². The normalized spacial score (nSPS) is 11.6. The second-order valence-electron chi connectivity index (χ2n) is 6.89. The molecule has 1 unspecified atom stereocenters. The average Bonchev–Trinajstić information content (AvgIpc) is 2.75. The third kappa shape index (κ3) is 5.26. The molecule has 0 amide bonds. The second kappa shape index (κ2) is 9.57. The molecule has 0 heterocycles. The minimum Gasteiger partial charge on any atom is -0.419 e. The molecule has 0 saturated carbocycles. The maximum absolute atomic E-state index is 12.6.